The minimum atomic E-state index is -0.197. The first kappa shape index (κ1) is 13.2. The number of rotatable bonds is 4. The third-order valence-corrected chi connectivity index (χ3v) is 4.00. The van der Waals surface area contributed by atoms with Gasteiger partial charge in [0, 0.05) is 25.0 Å². The lowest BCUT2D eigenvalue weighted by Crippen LogP contribution is -2.15. The zero-order chi connectivity index (χ0) is 13.8. The molecule has 1 N–H and O–H groups in total. The van der Waals surface area contributed by atoms with E-state index in [2.05, 4.69) is 21.1 Å². The Kier molecular flexibility index (Phi) is 4.00. The molecule has 3 nitrogen and oxygen atoms in total. The van der Waals surface area contributed by atoms with Gasteiger partial charge in [0.2, 0.25) is 5.95 Å². The van der Waals surface area contributed by atoms with Gasteiger partial charge in [-0.3, -0.25) is 0 Å². The molecule has 0 radical (unpaired) electrons. The van der Waals surface area contributed by atoms with Crippen LogP contribution >= 0.6 is 0 Å². The number of aromatic nitrogens is 2. The minimum absolute atomic E-state index is 0.197. The molecule has 106 valence electrons. The molecule has 2 aromatic rings. The third kappa shape index (κ3) is 3.00. The van der Waals surface area contributed by atoms with Crippen molar-refractivity contribution in [2.24, 2.45) is 0 Å². The van der Waals surface area contributed by atoms with Crippen molar-refractivity contribution in [3.63, 3.8) is 0 Å². The van der Waals surface area contributed by atoms with Crippen molar-refractivity contribution < 1.29 is 4.39 Å². The average Bonchev–Trinajstić information content (AvgIpc) is 2.96. The number of hydrogen-bond acceptors (Lipinski definition) is 2. The van der Waals surface area contributed by atoms with E-state index in [0.29, 0.717) is 12.6 Å². The molecule has 20 heavy (non-hydrogen) atoms. The molecular weight excluding hydrogens is 253 g/mol. The number of nitrogens with zero attached hydrogens (tertiary/aromatic N) is 2. The average molecular weight is 273 g/mol. The smallest absolute Gasteiger partial charge is 0.203 e. The van der Waals surface area contributed by atoms with E-state index in [0.717, 1.165) is 11.5 Å². The molecule has 0 amide bonds. The molecule has 0 saturated heterocycles. The van der Waals surface area contributed by atoms with Gasteiger partial charge in [0.15, 0.2) is 0 Å². The van der Waals surface area contributed by atoms with Gasteiger partial charge in [0.05, 0.1) is 0 Å². The lowest BCUT2D eigenvalue weighted by Gasteiger charge is -2.24. The molecule has 0 aliphatic heterocycles. The molecule has 1 saturated carbocycles. The summed E-state index contributed by atoms with van der Waals surface area (Å²) in [5.74, 6) is 0.721. The zero-order valence-electron chi connectivity index (χ0n) is 11.6. The summed E-state index contributed by atoms with van der Waals surface area (Å²) in [7, 11) is 0. The number of nitrogens with one attached hydrogen (secondary N) is 1. The highest BCUT2D eigenvalue weighted by atomic mass is 19.1. The van der Waals surface area contributed by atoms with Crippen molar-refractivity contribution in [1.82, 2.24) is 9.55 Å². The van der Waals surface area contributed by atoms with Gasteiger partial charge in [-0.1, -0.05) is 31.4 Å². The molecule has 0 bridgehead atoms. The van der Waals surface area contributed by atoms with Crippen LogP contribution in [0.1, 0.15) is 43.7 Å². The topological polar surface area (TPSA) is 29.9 Å². The second kappa shape index (κ2) is 6.07. The third-order valence-electron chi connectivity index (χ3n) is 4.00. The van der Waals surface area contributed by atoms with E-state index in [1.165, 1.54) is 44.2 Å². The molecule has 1 heterocycles. The summed E-state index contributed by atoms with van der Waals surface area (Å²) in [6, 6.07) is 7.16. The van der Waals surface area contributed by atoms with Gasteiger partial charge in [0.1, 0.15) is 5.82 Å². The SMILES string of the molecule is Fc1ccc(CNc2nccn2C2CCCCC2)cc1. The van der Waals surface area contributed by atoms with Crippen LogP contribution in [0.4, 0.5) is 10.3 Å². The van der Waals surface area contributed by atoms with Crippen molar-refractivity contribution in [1.29, 1.82) is 0 Å². The predicted molar refractivity (Wildman–Crippen MR) is 78.1 cm³/mol. The Balaban J connectivity index is 1.65. The van der Waals surface area contributed by atoms with E-state index in [1.807, 2.05) is 6.20 Å². The Bertz CT molecular complexity index is 541. The molecule has 1 aromatic carbocycles. The highest BCUT2D eigenvalue weighted by Crippen LogP contribution is 2.30. The van der Waals surface area contributed by atoms with Crippen molar-refractivity contribution in [3.8, 4) is 0 Å². The Morgan fingerprint density at radius 1 is 1.15 bits per heavy atom. The Labute approximate surface area is 118 Å². The van der Waals surface area contributed by atoms with Gasteiger partial charge in [-0.05, 0) is 30.5 Å². The van der Waals surface area contributed by atoms with Gasteiger partial charge >= 0.3 is 0 Å². The monoisotopic (exact) mass is 273 g/mol. The zero-order valence-corrected chi connectivity index (χ0v) is 11.6. The summed E-state index contributed by atoms with van der Waals surface area (Å²) >= 11 is 0. The normalized spacial score (nSPS) is 16.2. The van der Waals surface area contributed by atoms with Gasteiger partial charge in [-0.25, -0.2) is 9.37 Å². The van der Waals surface area contributed by atoms with Gasteiger partial charge < -0.3 is 9.88 Å². The first-order chi connectivity index (χ1) is 9.83. The van der Waals surface area contributed by atoms with E-state index in [-0.39, 0.29) is 5.82 Å². The predicted octanol–water partition coefficient (Wildman–Crippen LogP) is 4.14. The number of benzene rings is 1. The minimum Gasteiger partial charge on any atom is -0.352 e. The van der Waals surface area contributed by atoms with Crippen LogP contribution in [0.3, 0.4) is 0 Å². The van der Waals surface area contributed by atoms with E-state index in [9.17, 15) is 4.39 Å². The summed E-state index contributed by atoms with van der Waals surface area (Å²) in [4.78, 5) is 4.40. The fourth-order valence-electron chi connectivity index (χ4n) is 2.89. The van der Waals surface area contributed by atoms with E-state index in [4.69, 9.17) is 0 Å². The van der Waals surface area contributed by atoms with Crippen LogP contribution in [0.25, 0.3) is 0 Å². The summed E-state index contributed by atoms with van der Waals surface area (Å²) in [5.41, 5.74) is 1.06. The summed E-state index contributed by atoms with van der Waals surface area (Å²) in [5, 5.41) is 3.36. The Morgan fingerprint density at radius 2 is 1.90 bits per heavy atom. The van der Waals surface area contributed by atoms with E-state index >= 15 is 0 Å². The number of imidazole rings is 1. The van der Waals surface area contributed by atoms with Crippen LogP contribution < -0.4 is 5.32 Å². The molecule has 1 fully saturated rings. The van der Waals surface area contributed by atoms with Crippen molar-refractivity contribution in [2.75, 3.05) is 5.32 Å². The summed E-state index contributed by atoms with van der Waals surface area (Å²) in [6.07, 6.45) is 10.3. The van der Waals surface area contributed by atoms with Crippen molar-refractivity contribution in [2.45, 2.75) is 44.7 Å². The molecule has 1 aliphatic carbocycles. The maximum absolute atomic E-state index is 12.9. The van der Waals surface area contributed by atoms with Gasteiger partial charge in [-0.2, -0.15) is 0 Å². The molecule has 4 heteroatoms. The molecular formula is C16H20FN3. The largest absolute Gasteiger partial charge is 0.352 e. The van der Waals surface area contributed by atoms with Crippen molar-refractivity contribution in [3.05, 3.63) is 48.0 Å². The number of hydrogen-bond donors (Lipinski definition) is 1. The van der Waals surface area contributed by atoms with Crippen LogP contribution in [0.15, 0.2) is 36.7 Å². The Morgan fingerprint density at radius 3 is 2.65 bits per heavy atom. The second-order valence-corrected chi connectivity index (χ2v) is 5.43. The van der Waals surface area contributed by atoms with E-state index < -0.39 is 0 Å². The molecule has 3 rings (SSSR count). The van der Waals surface area contributed by atoms with Crippen LogP contribution in [0.5, 0.6) is 0 Å². The first-order valence-electron chi connectivity index (χ1n) is 7.34. The highest BCUT2D eigenvalue weighted by molar-refractivity contribution is 5.29. The summed E-state index contributed by atoms with van der Waals surface area (Å²) < 4.78 is 15.1. The van der Waals surface area contributed by atoms with Crippen LogP contribution in [-0.4, -0.2) is 9.55 Å². The van der Waals surface area contributed by atoms with Crippen molar-refractivity contribution >= 4 is 5.95 Å². The van der Waals surface area contributed by atoms with Gasteiger partial charge in [0.25, 0.3) is 0 Å². The number of anilines is 1. The van der Waals surface area contributed by atoms with E-state index in [1.54, 1.807) is 12.1 Å². The number of halogens is 1. The summed E-state index contributed by atoms with van der Waals surface area (Å²) in [6.45, 7) is 0.671. The Hall–Kier alpha value is -1.84. The fraction of sp³-hybridized carbons (Fsp3) is 0.438. The van der Waals surface area contributed by atoms with Crippen LogP contribution in [-0.2, 0) is 6.54 Å². The highest BCUT2D eigenvalue weighted by Gasteiger charge is 2.17. The molecule has 1 aliphatic rings. The maximum atomic E-state index is 12.9. The molecule has 0 atom stereocenters. The molecule has 1 aromatic heterocycles. The standard InChI is InChI=1S/C16H20FN3/c17-14-8-6-13(7-9-14)12-19-16-18-10-11-20(16)15-4-2-1-3-5-15/h6-11,15H,1-5,12H2,(H,18,19). The van der Waals surface area contributed by atoms with Crippen LogP contribution in [0.2, 0.25) is 0 Å². The lowest BCUT2D eigenvalue weighted by atomic mass is 9.95. The maximum Gasteiger partial charge on any atom is 0.203 e. The molecule has 0 spiro atoms. The molecule has 0 unspecified atom stereocenters. The first-order valence-corrected chi connectivity index (χ1v) is 7.34. The van der Waals surface area contributed by atoms with Gasteiger partial charge in [-0.15, -0.1) is 0 Å². The van der Waals surface area contributed by atoms with Crippen LogP contribution in [0, 0.1) is 5.82 Å². The quantitative estimate of drug-likeness (QED) is 0.907. The fourth-order valence-corrected chi connectivity index (χ4v) is 2.89. The lowest BCUT2D eigenvalue weighted by molar-refractivity contribution is 0.356. The second-order valence-electron chi connectivity index (χ2n) is 5.43.